The monoisotopic (exact) mass is 525 g/mol. The predicted octanol–water partition coefficient (Wildman–Crippen LogP) is 6.52. The fourth-order valence-corrected chi connectivity index (χ4v) is 5.13. The molecular weight excluding hydrogens is 512 g/mol. The summed E-state index contributed by atoms with van der Waals surface area (Å²) in [4.78, 5) is 25.1. The van der Waals surface area contributed by atoms with E-state index in [0.29, 0.717) is 17.0 Å². The molecule has 4 nitrogen and oxygen atoms in total. The maximum atomic E-state index is 13.1. The second-order valence-electron chi connectivity index (χ2n) is 6.86. The van der Waals surface area contributed by atoms with Gasteiger partial charge in [0.2, 0.25) is 0 Å². The van der Waals surface area contributed by atoms with Crippen molar-refractivity contribution in [1.82, 2.24) is 4.90 Å². The van der Waals surface area contributed by atoms with Crippen LogP contribution in [0.5, 0.6) is 0 Å². The smallest absolute Gasteiger partial charge is 0.416 e. The van der Waals surface area contributed by atoms with Crippen molar-refractivity contribution in [1.29, 1.82) is 0 Å². The molecule has 1 N–H and O–H groups in total. The predicted molar refractivity (Wildman–Crippen MR) is 117 cm³/mol. The van der Waals surface area contributed by atoms with Crippen molar-refractivity contribution in [3.8, 4) is 11.1 Å². The van der Waals surface area contributed by atoms with Crippen LogP contribution in [0.2, 0.25) is 0 Å². The number of thioether (sulfide) groups is 1. The molecule has 176 valence electrons. The molecular formula is C20H13F6NO3S3. The van der Waals surface area contributed by atoms with Crippen molar-refractivity contribution in [2.75, 3.05) is 6.54 Å². The van der Waals surface area contributed by atoms with Gasteiger partial charge in [0.05, 0.1) is 16.0 Å². The molecule has 0 unspecified atom stereocenters. The quantitative estimate of drug-likeness (QED) is 0.264. The van der Waals surface area contributed by atoms with E-state index in [4.69, 9.17) is 17.3 Å². The zero-order valence-corrected chi connectivity index (χ0v) is 18.7. The molecule has 1 aliphatic rings. The van der Waals surface area contributed by atoms with E-state index in [0.717, 1.165) is 23.1 Å². The van der Waals surface area contributed by atoms with Gasteiger partial charge < -0.3 is 5.11 Å². The summed E-state index contributed by atoms with van der Waals surface area (Å²) in [5.74, 6) is -1.45. The Hall–Kier alpha value is -2.38. The van der Waals surface area contributed by atoms with E-state index in [1.807, 2.05) is 0 Å². The molecule has 0 aliphatic carbocycles. The van der Waals surface area contributed by atoms with E-state index < -0.39 is 35.4 Å². The number of halogens is 6. The Kier molecular flexibility index (Phi) is 7.24. The van der Waals surface area contributed by atoms with Crippen LogP contribution in [-0.2, 0) is 21.9 Å². The fourth-order valence-electron chi connectivity index (χ4n) is 2.91. The molecule has 0 saturated carbocycles. The molecule has 2 aromatic rings. The Morgan fingerprint density at radius 1 is 1.03 bits per heavy atom. The molecule has 1 aromatic carbocycles. The highest BCUT2D eigenvalue weighted by atomic mass is 32.2. The van der Waals surface area contributed by atoms with Crippen LogP contribution >= 0.6 is 35.3 Å². The molecule has 13 heteroatoms. The number of carbonyl (C=O) groups excluding carboxylic acids is 1. The Labute approximate surface area is 196 Å². The lowest BCUT2D eigenvalue weighted by atomic mass is 10.0. The van der Waals surface area contributed by atoms with Crippen LogP contribution in [0, 0.1) is 0 Å². The minimum absolute atomic E-state index is 0.0620. The molecule has 33 heavy (non-hydrogen) atoms. The Bertz CT molecular complexity index is 1100. The number of amides is 1. The summed E-state index contributed by atoms with van der Waals surface area (Å²) in [6.45, 7) is 0.119. The first-order chi connectivity index (χ1) is 15.3. The minimum Gasteiger partial charge on any atom is -0.481 e. The van der Waals surface area contributed by atoms with Gasteiger partial charge in [-0.15, -0.1) is 11.3 Å². The third-order valence-electron chi connectivity index (χ3n) is 4.46. The number of carboxylic acids is 1. The summed E-state index contributed by atoms with van der Waals surface area (Å²) >= 11 is 7.16. The second kappa shape index (κ2) is 9.47. The van der Waals surface area contributed by atoms with Gasteiger partial charge >= 0.3 is 18.3 Å². The van der Waals surface area contributed by atoms with Crippen LogP contribution in [-0.4, -0.2) is 32.7 Å². The van der Waals surface area contributed by atoms with E-state index in [1.165, 1.54) is 22.4 Å². The largest absolute Gasteiger partial charge is 0.481 e. The second-order valence-corrected chi connectivity index (χ2v) is 9.48. The van der Waals surface area contributed by atoms with Gasteiger partial charge in [0, 0.05) is 17.8 Å². The molecule has 1 saturated heterocycles. The Morgan fingerprint density at radius 2 is 1.64 bits per heavy atom. The molecule has 0 atom stereocenters. The standard InChI is InChI=1S/C20H13F6NO3S3/c21-19(22,23)12-4-10(5-13(7-12)20(24,25)26)11-6-14(32-9-11)8-15-17(30)27(18(31)33-15)3-1-2-16(28)29/h4-9H,1-3H2,(H,28,29). The van der Waals surface area contributed by atoms with E-state index in [-0.39, 0.29) is 45.8 Å². The van der Waals surface area contributed by atoms with Gasteiger partial charge in [0.15, 0.2) is 0 Å². The maximum absolute atomic E-state index is 13.1. The van der Waals surface area contributed by atoms with Gasteiger partial charge in [-0.25, -0.2) is 0 Å². The van der Waals surface area contributed by atoms with Crippen molar-refractivity contribution in [3.05, 3.63) is 50.6 Å². The van der Waals surface area contributed by atoms with Crippen molar-refractivity contribution in [2.45, 2.75) is 25.2 Å². The fraction of sp³-hybridized carbons (Fsp3) is 0.250. The van der Waals surface area contributed by atoms with E-state index >= 15 is 0 Å². The van der Waals surface area contributed by atoms with E-state index in [2.05, 4.69) is 0 Å². The molecule has 2 heterocycles. The van der Waals surface area contributed by atoms with Crippen LogP contribution < -0.4 is 0 Å². The highest BCUT2D eigenvalue weighted by molar-refractivity contribution is 8.26. The highest BCUT2D eigenvalue weighted by Gasteiger charge is 2.37. The number of alkyl halides is 6. The number of thiophene rings is 1. The number of hydrogen-bond donors (Lipinski definition) is 1. The lowest BCUT2D eigenvalue weighted by molar-refractivity contribution is -0.143. The summed E-state index contributed by atoms with van der Waals surface area (Å²) in [5.41, 5.74) is -2.95. The van der Waals surface area contributed by atoms with Gasteiger partial charge in [0.1, 0.15) is 4.32 Å². The molecule has 1 aliphatic heterocycles. The maximum Gasteiger partial charge on any atom is 0.416 e. The van der Waals surface area contributed by atoms with Crippen LogP contribution in [0.3, 0.4) is 0 Å². The highest BCUT2D eigenvalue weighted by Crippen LogP contribution is 2.40. The Balaban J connectivity index is 1.87. The SMILES string of the molecule is O=C(O)CCCN1C(=O)C(=Cc2cc(-c3cc(C(F)(F)F)cc(C(F)(F)F)c3)cs2)SC1=S. The molecule has 0 spiro atoms. The average molecular weight is 526 g/mol. The number of carbonyl (C=O) groups is 2. The van der Waals surface area contributed by atoms with Gasteiger partial charge in [-0.2, -0.15) is 26.3 Å². The van der Waals surface area contributed by atoms with Crippen LogP contribution in [0.4, 0.5) is 26.3 Å². The summed E-state index contributed by atoms with van der Waals surface area (Å²) in [6, 6.07) is 2.73. The van der Waals surface area contributed by atoms with Gasteiger partial charge in [0.25, 0.3) is 5.91 Å². The summed E-state index contributed by atoms with van der Waals surface area (Å²) in [7, 11) is 0. The number of hydrogen-bond acceptors (Lipinski definition) is 5. The number of aliphatic carboxylic acids is 1. The van der Waals surface area contributed by atoms with Crippen molar-refractivity contribution < 1.29 is 41.0 Å². The molecule has 1 fully saturated rings. The number of nitrogens with zero attached hydrogens (tertiary/aromatic N) is 1. The topological polar surface area (TPSA) is 57.6 Å². The summed E-state index contributed by atoms with van der Waals surface area (Å²) in [5, 5.41) is 10.1. The zero-order valence-electron chi connectivity index (χ0n) is 16.3. The zero-order chi connectivity index (χ0) is 24.6. The van der Waals surface area contributed by atoms with Crippen molar-refractivity contribution in [2.24, 2.45) is 0 Å². The molecule has 3 rings (SSSR count). The molecule has 1 amide bonds. The number of rotatable bonds is 6. The first-order valence-electron chi connectivity index (χ1n) is 9.11. The van der Waals surface area contributed by atoms with Gasteiger partial charge in [-0.1, -0.05) is 24.0 Å². The number of carboxylic acid groups (broad SMARTS) is 1. The lowest BCUT2D eigenvalue weighted by Gasteiger charge is -2.13. The molecule has 0 bridgehead atoms. The van der Waals surface area contributed by atoms with Crippen LogP contribution in [0.1, 0.15) is 28.8 Å². The van der Waals surface area contributed by atoms with Crippen LogP contribution in [0.15, 0.2) is 34.6 Å². The number of benzene rings is 1. The first-order valence-corrected chi connectivity index (χ1v) is 11.2. The summed E-state index contributed by atoms with van der Waals surface area (Å²) in [6.07, 6.45) is -8.40. The minimum atomic E-state index is -4.95. The Morgan fingerprint density at radius 3 is 2.18 bits per heavy atom. The molecule has 0 radical (unpaired) electrons. The normalized spacial score (nSPS) is 16.2. The lowest BCUT2D eigenvalue weighted by Crippen LogP contribution is -2.29. The first kappa shape index (κ1) is 25.2. The van der Waals surface area contributed by atoms with E-state index in [1.54, 1.807) is 0 Å². The third-order valence-corrected chi connectivity index (χ3v) is 6.72. The van der Waals surface area contributed by atoms with Gasteiger partial charge in [-0.05, 0) is 53.3 Å². The van der Waals surface area contributed by atoms with E-state index in [9.17, 15) is 35.9 Å². The van der Waals surface area contributed by atoms with Crippen molar-refractivity contribution >= 4 is 57.6 Å². The van der Waals surface area contributed by atoms with Crippen LogP contribution in [0.25, 0.3) is 17.2 Å². The van der Waals surface area contributed by atoms with Crippen molar-refractivity contribution in [3.63, 3.8) is 0 Å². The average Bonchev–Trinajstić information content (AvgIpc) is 3.26. The summed E-state index contributed by atoms with van der Waals surface area (Å²) < 4.78 is 78.9. The van der Waals surface area contributed by atoms with Gasteiger partial charge in [-0.3, -0.25) is 14.5 Å². The number of thiocarbonyl (C=S) groups is 1. The molecule has 1 aromatic heterocycles. The third kappa shape index (κ3) is 6.15.